The highest BCUT2D eigenvalue weighted by molar-refractivity contribution is 7.89. The Morgan fingerprint density at radius 2 is 2.10 bits per heavy atom. The van der Waals surface area contributed by atoms with E-state index in [2.05, 4.69) is 6.92 Å². The summed E-state index contributed by atoms with van der Waals surface area (Å²) in [4.78, 5) is 13.8. The highest BCUT2D eigenvalue weighted by Gasteiger charge is 2.29. The van der Waals surface area contributed by atoms with Crippen LogP contribution < -0.4 is 5.14 Å². The summed E-state index contributed by atoms with van der Waals surface area (Å²) in [7, 11) is -4.04. The van der Waals surface area contributed by atoms with Crippen LogP contribution in [0.1, 0.15) is 30.1 Å². The van der Waals surface area contributed by atoms with E-state index in [-0.39, 0.29) is 26.4 Å². The number of benzene rings is 1. The number of primary sulfonamides is 1. The van der Waals surface area contributed by atoms with Crippen molar-refractivity contribution in [3.05, 3.63) is 27.7 Å². The Balaban J connectivity index is 2.41. The van der Waals surface area contributed by atoms with Crippen molar-refractivity contribution >= 4 is 39.1 Å². The molecule has 0 bridgehead atoms. The molecule has 2 N–H and O–H groups in total. The maximum atomic E-state index is 12.5. The predicted octanol–water partition coefficient (Wildman–Crippen LogP) is 2.51. The minimum Gasteiger partial charge on any atom is -0.338 e. The molecule has 2 rings (SSSR count). The number of rotatable bonds is 3. The number of nitrogens with zero attached hydrogens (tertiary/aromatic N) is 1. The zero-order valence-electron chi connectivity index (χ0n) is 11.5. The molecule has 0 radical (unpaired) electrons. The van der Waals surface area contributed by atoms with Gasteiger partial charge < -0.3 is 4.90 Å². The fraction of sp³-hybridized carbons (Fsp3) is 0.462. The summed E-state index contributed by atoms with van der Waals surface area (Å²) in [5, 5.41) is 5.03. The van der Waals surface area contributed by atoms with Crippen LogP contribution in [0.5, 0.6) is 0 Å². The van der Waals surface area contributed by atoms with Crippen LogP contribution >= 0.6 is 23.2 Å². The van der Waals surface area contributed by atoms with Gasteiger partial charge in [-0.25, -0.2) is 13.6 Å². The standard InChI is InChI=1S/C13H16Cl2N2O3S/c1-2-8-3-4-17(7-8)13(18)10-5-9(14)6-11(12(10)15)21(16,19)20/h5-6,8H,2-4,7H2,1H3,(H2,16,19,20). The van der Waals surface area contributed by atoms with Gasteiger partial charge in [-0.15, -0.1) is 0 Å². The van der Waals surface area contributed by atoms with E-state index >= 15 is 0 Å². The van der Waals surface area contributed by atoms with Gasteiger partial charge in [0.15, 0.2) is 0 Å². The van der Waals surface area contributed by atoms with Gasteiger partial charge in [0.2, 0.25) is 10.0 Å². The number of amides is 1. The van der Waals surface area contributed by atoms with Crippen molar-refractivity contribution in [2.24, 2.45) is 11.1 Å². The van der Waals surface area contributed by atoms with E-state index in [0.29, 0.717) is 19.0 Å². The average Bonchev–Trinajstić information content (AvgIpc) is 2.87. The summed E-state index contributed by atoms with van der Waals surface area (Å²) < 4.78 is 23.0. The lowest BCUT2D eigenvalue weighted by Crippen LogP contribution is -2.29. The minimum atomic E-state index is -4.04. The van der Waals surface area contributed by atoms with E-state index in [0.717, 1.165) is 18.9 Å². The molecule has 0 spiro atoms. The highest BCUT2D eigenvalue weighted by atomic mass is 35.5. The van der Waals surface area contributed by atoms with Crippen LogP contribution in [0.4, 0.5) is 0 Å². The Labute approximate surface area is 134 Å². The van der Waals surface area contributed by atoms with E-state index in [4.69, 9.17) is 28.3 Å². The summed E-state index contributed by atoms with van der Waals surface area (Å²) >= 11 is 11.9. The molecule has 1 heterocycles. The number of carbonyl (C=O) groups excluding carboxylic acids is 1. The van der Waals surface area contributed by atoms with Gasteiger partial charge in [0, 0.05) is 18.1 Å². The smallest absolute Gasteiger partial charge is 0.255 e. The molecule has 0 aliphatic carbocycles. The Bertz CT molecular complexity index is 676. The third-order valence-corrected chi connectivity index (χ3v) is 5.36. The highest BCUT2D eigenvalue weighted by Crippen LogP contribution is 2.31. The van der Waals surface area contributed by atoms with Crippen LogP contribution in [0.3, 0.4) is 0 Å². The Kier molecular flexibility index (Phi) is 4.82. The molecule has 1 aromatic rings. The molecule has 21 heavy (non-hydrogen) atoms. The van der Waals surface area contributed by atoms with Crippen molar-refractivity contribution in [1.29, 1.82) is 0 Å². The lowest BCUT2D eigenvalue weighted by Gasteiger charge is -2.18. The Morgan fingerprint density at radius 3 is 2.62 bits per heavy atom. The number of carbonyl (C=O) groups is 1. The molecular weight excluding hydrogens is 335 g/mol. The number of nitrogens with two attached hydrogens (primary N) is 1. The van der Waals surface area contributed by atoms with Gasteiger partial charge in [0.25, 0.3) is 5.91 Å². The first-order valence-corrected chi connectivity index (χ1v) is 8.85. The molecule has 1 aliphatic rings. The third-order valence-electron chi connectivity index (χ3n) is 3.69. The number of hydrogen-bond acceptors (Lipinski definition) is 3. The van der Waals surface area contributed by atoms with E-state index in [9.17, 15) is 13.2 Å². The van der Waals surface area contributed by atoms with Gasteiger partial charge in [-0.05, 0) is 24.5 Å². The SMILES string of the molecule is CCC1CCN(C(=O)c2cc(Cl)cc(S(N)(=O)=O)c2Cl)C1. The van der Waals surface area contributed by atoms with Gasteiger partial charge in [-0.1, -0.05) is 36.5 Å². The number of hydrogen-bond donors (Lipinski definition) is 1. The first-order chi connectivity index (χ1) is 9.74. The molecular formula is C13H16Cl2N2O3S. The summed E-state index contributed by atoms with van der Waals surface area (Å²) in [5.74, 6) is 0.146. The van der Waals surface area contributed by atoms with Crippen molar-refractivity contribution in [2.45, 2.75) is 24.7 Å². The zero-order valence-corrected chi connectivity index (χ0v) is 13.8. The zero-order chi connectivity index (χ0) is 15.8. The summed E-state index contributed by atoms with van der Waals surface area (Å²) in [6, 6.07) is 2.52. The summed E-state index contributed by atoms with van der Waals surface area (Å²) in [6.45, 7) is 3.35. The second-order valence-electron chi connectivity index (χ2n) is 5.12. The fourth-order valence-electron chi connectivity index (χ4n) is 2.45. The maximum absolute atomic E-state index is 12.5. The van der Waals surface area contributed by atoms with Crippen LogP contribution in [0, 0.1) is 5.92 Å². The van der Waals surface area contributed by atoms with Crippen molar-refractivity contribution in [3.8, 4) is 0 Å². The van der Waals surface area contributed by atoms with E-state index in [1.54, 1.807) is 4.90 Å². The number of halogens is 2. The van der Waals surface area contributed by atoms with Gasteiger partial charge >= 0.3 is 0 Å². The van der Waals surface area contributed by atoms with Gasteiger partial charge in [0.1, 0.15) is 4.90 Å². The topological polar surface area (TPSA) is 80.5 Å². The van der Waals surface area contributed by atoms with Crippen LogP contribution in [-0.4, -0.2) is 32.3 Å². The summed E-state index contributed by atoms with van der Waals surface area (Å²) in [6.07, 6.45) is 1.93. The quantitative estimate of drug-likeness (QED) is 0.909. The molecule has 1 amide bonds. The van der Waals surface area contributed by atoms with Crippen LogP contribution in [-0.2, 0) is 10.0 Å². The molecule has 5 nitrogen and oxygen atoms in total. The molecule has 1 unspecified atom stereocenters. The summed E-state index contributed by atoms with van der Waals surface area (Å²) in [5.41, 5.74) is 0.0740. The number of sulfonamides is 1. The average molecular weight is 351 g/mol. The van der Waals surface area contributed by atoms with Crippen molar-refractivity contribution < 1.29 is 13.2 Å². The maximum Gasteiger partial charge on any atom is 0.255 e. The van der Waals surface area contributed by atoms with E-state index in [1.807, 2.05) is 0 Å². The van der Waals surface area contributed by atoms with Crippen LogP contribution in [0.2, 0.25) is 10.0 Å². The number of likely N-dealkylation sites (tertiary alicyclic amines) is 1. The molecule has 1 saturated heterocycles. The van der Waals surface area contributed by atoms with Crippen LogP contribution in [0.25, 0.3) is 0 Å². The minimum absolute atomic E-state index is 0.0740. The second kappa shape index (κ2) is 6.12. The fourth-order valence-corrected chi connectivity index (χ4v) is 3.89. The van der Waals surface area contributed by atoms with Gasteiger partial charge in [0.05, 0.1) is 10.6 Å². The third kappa shape index (κ3) is 3.51. The molecule has 0 aromatic heterocycles. The molecule has 0 saturated carbocycles. The lowest BCUT2D eigenvalue weighted by atomic mass is 10.1. The molecule has 1 aliphatic heterocycles. The first kappa shape index (κ1) is 16.5. The van der Waals surface area contributed by atoms with Crippen molar-refractivity contribution in [3.63, 3.8) is 0 Å². The first-order valence-electron chi connectivity index (χ1n) is 6.55. The largest absolute Gasteiger partial charge is 0.338 e. The van der Waals surface area contributed by atoms with E-state index < -0.39 is 10.0 Å². The molecule has 116 valence electrons. The Hall–Kier alpha value is -0.820. The van der Waals surface area contributed by atoms with Gasteiger partial charge in [-0.3, -0.25) is 4.79 Å². The molecule has 8 heteroatoms. The van der Waals surface area contributed by atoms with Crippen molar-refractivity contribution in [1.82, 2.24) is 4.90 Å². The Morgan fingerprint density at radius 1 is 1.43 bits per heavy atom. The monoisotopic (exact) mass is 350 g/mol. The second-order valence-corrected chi connectivity index (χ2v) is 7.47. The molecule has 1 fully saturated rings. The van der Waals surface area contributed by atoms with Crippen molar-refractivity contribution in [2.75, 3.05) is 13.1 Å². The normalized spacial score (nSPS) is 19.0. The van der Waals surface area contributed by atoms with E-state index in [1.165, 1.54) is 6.07 Å². The molecule has 1 aromatic carbocycles. The predicted molar refractivity (Wildman–Crippen MR) is 82.1 cm³/mol. The van der Waals surface area contributed by atoms with Gasteiger partial charge in [-0.2, -0.15) is 0 Å². The lowest BCUT2D eigenvalue weighted by molar-refractivity contribution is 0.0787. The van der Waals surface area contributed by atoms with Crippen LogP contribution in [0.15, 0.2) is 17.0 Å². The molecule has 1 atom stereocenters.